The number of halogens is 2. The normalized spacial score (nSPS) is 11.8. The third-order valence-electron chi connectivity index (χ3n) is 3.99. The van der Waals surface area contributed by atoms with Gasteiger partial charge in [-0.05, 0) is 61.1 Å². The van der Waals surface area contributed by atoms with Gasteiger partial charge in [-0.25, -0.2) is 0 Å². The Bertz CT molecular complexity index is 658. The van der Waals surface area contributed by atoms with Gasteiger partial charge >= 0.3 is 0 Å². The first-order valence-electron chi connectivity index (χ1n) is 8.84. The Morgan fingerprint density at radius 3 is 1.92 bits per heavy atom. The Morgan fingerprint density at radius 2 is 1.38 bits per heavy atom. The molecule has 0 atom stereocenters. The molecule has 0 aliphatic rings. The second-order valence-electron chi connectivity index (χ2n) is 8.53. The highest BCUT2D eigenvalue weighted by Gasteiger charge is 2.24. The van der Waals surface area contributed by atoms with Gasteiger partial charge in [0.1, 0.15) is 12.4 Å². The van der Waals surface area contributed by atoms with E-state index in [1.165, 1.54) is 5.56 Å². The van der Waals surface area contributed by atoms with Crippen molar-refractivity contribution in [2.45, 2.75) is 59.7 Å². The van der Waals surface area contributed by atoms with Crippen molar-refractivity contribution in [3.8, 4) is 5.75 Å². The third-order valence-corrected chi connectivity index (χ3v) is 4.24. The molecule has 2 aromatic rings. The standard InChI is InChI=1S/C22H30ClNO.ClH/c1-21(2,3)16-22(4,5)24-14-17-8-12-20(13-9-17)25-15-18-6-10-19(23)11-7-18;/h6-13,24H,14-16H2,1-5H3;1H. The second kappa shape index (κ2) is 9.64. The predicted octanol–water partition coefficient (Wildman–Crippen LogP) is 6.65. The van der Waals surface area contributed by atoms with Gasteiger partial charge in [0.15, 0.2) is 0 Å². The summed E-state index contributed by atoms with van der Waals surface area (Å²) < 4.78 is 5.83. The van der Waals surface area contributed by atoms with Crippen LogP contribution >= 0.6 is 24.0 Å². The molecule has 0 bridgehead atoms. The minimum atomic E-state index is 0. The zero-order valence-corrected chi connectivity index (χ0v) is 18.0. The van der Waals surface area contributed by atoms with E-state index in [1.54, 1.807) is 0 Å². The first-order valence-corrected chi connectivity index (χ1v) is 9.22. The summed E-state index contributed by atoms with van der Waals surface area (Å²) >= 11 is 5.90. The van der Waals surface area contributed by atoms with Gasteiger partial charge in [0, 0.05) is 17.1 Å². The van der Waals surface area contributed by atoms with Crippen molar-refractivity contribution in [2.24, 2.45) is 5.41 Å². The molecule has 1 N–H and O–H groups in total. The van der Waals surface area contributed by atoms with Gasteiger partial charge in [-0.2, -0.15) is 0 Å². The van der Waals surface area contributed by atoms with Crippen LogP contribution in [0.1, 0.15) is 52.2 Å². The van der Waals surface area contributed by atoms with E-state index in [1.807, 2.05) is 36.4 Å². The zero-order valence-electron chi connectivity index (χ0n) is 16.4. The first kappa shape index (κ1) is 22.8. The molecule has 26 heavy (non-hydrogen) atoms. The molecule has 2 aromatic carbocycles. The van der Waals surface area contributed by atoms with E-state index in [2.05, 4.69) is 52.1 Å². The topological polar surface area (TPSA) is 21.3 Å². The van der Waals surface area contributed by atoms with Crippen LogP contribution in [-0.2, 0) is 13.2 Å². The molecule has 0 aliphatic heterocycles. The van der Waals surface area contributed by atoms with E-state index >= 15 is 0 Å². The lowest BCUT2D eigenvalue weighted by molar-refractivity contribution is 0.240. The summed E-state index contributed by atoms with van der Waals surface area (Å²) in [6.07, 6.45) is 1.13. The molecule has 0 saturated carbocycles. The van der Waals surface area contributed by atoms with Crippen LogP contribution in [-0.4, -0.2) is 5.54 Å². The van der Waals surface area contributed by atoms with Gasteiger partial charge < -0.3 is 10.1 Å². The average molecular weight is 396 g/mol. The third kappa shape index (κ3) is 8.44. The molecular weight excluding hydrogens is 365 g/mol. The number of nitrogens with one attached hydrogen (secondary N) is 1. The Morgan fingerprint density at radius 1 is 0.846 bits per heavy atom. The number of hydrogen-bond donors (Lipinski definition) is 1. The Balaban J connectivity index is 0.00000338. The van der Waals surface area contributed by atoms with Crippen LogP contribution < -0.4 is 10.1 Å². The van der Waals surface area contributed by atoms with E-state index in [-0.39, 0.29) is 17.9 Å². The maximum absolute atomic E-state index is 5.90. The molecule has 0 heterocycles. The lowest BCUT2D eigenvalue weighted by Gasteiger charge is -2.33. The van der Waals surface area contributed by atoms with E-state index < -0.39 is 0 Å². The van der Waals surface area contributed by atoms with E-state index in [9.17, 15) is 0 Å². The van der Waals surface area contributed by atoms with Crippen molar-refractivity contribution >= 4 is 24.0 Å². The summed E-state index contributed by atoms with van der Waals surface area (Å²) in [4.78, 5) is 0. The molecule has 0 saturated heterocycles. The SMILES string of the molecule is CC(C)(C)CC(C)(C)NCc1ccc(OCc2ccc(Cl)cc2)cc1.Cl. The van der Waals surface area contributed by atoms with Crippen LogP contribution in [0.15, 0.2) is 48.5 Å². The summed E-state index contributed by atoms with van der Waals surface area (Å²) in [5.74, 6) is 0.882. The number of rotatable bonds is 7. The van der Waals surface area contributed by atoms with E-state index in [0.29, 0.717) is 12.0 Å². The van der Waals surface area contributed by atoms with Crippen molar-refractivity contribution in [1.29, 1.82) is 0 Å². The van der Waals surface area contributed by atoms with Crippen LogP contribution in [0, 0.1) is 5.41 Å². The predicted molar refractivity (Wildman–Crippen MR) is 114 cm³/mol. The molecule has 0 aliphatic carbocycles. The quantitative estimate of drug-likeness (QED) is 0.566. The molecule has 0 spiro atoms. The minimum absolute atomic E-state index is 0. The molecule has 144 valence electrons. The molecule has 2 nitrogen and oxygen atoms in total. The summed E-state index contributed by atoms with van der Waals surface area (Å²) in [6, 6.07) is 16.0. The number of benzene rings is 2. The molecule has 4 heteroatoms. The first-order chi connectivity index (χ1) is 11.6. The maximum Gasteiger partial charge on any atom is 0.119 e. The zero-order chi connectivity index (χ0) is 18.5. The largest absolute Gasteiger partial charge is 0.489 e. The van der Waals surface area contributed by atoms with Crippen LogP contribution in [0.5, 0.6) is 5.75 Å². The van der Waals surface area contributed by atoms with Crippen LogP contribution in [0.25, 0.3) is 0 Å². The summed E-state index contributed by atoms with van der Waals surface area (Å²) in [6.45, 7) is 12.8. The van der Waals surface area contributed by atoms with Gasteiger partial charge in [-0.3, -0.25) is 0 Å². The fraction of sp³-hybridized carbons (Fsp3) is 0.455. The molecule has 0 radical (unpaired) electrons. The highest BCUT2D eigenvalue weighted by molar-refractivity contribution is 6.30. The summed E-state index contributed by atoms with van der Waals surface area (Å²) in [5, 5.41) is 4.41. The van der Waals surface area contributed by atoms with Crippen molar-refractivity contribution < 1.29 is 4.74 Å². The lowest BCUT2D eigenvalue weighted by atomic mass is 9.82. The molecule has 2 rings (SSSR count). The number of ether oxygens (including phenoxy) is 1. The van der Waals surface area contributed by atoms with Gasteiger partial charge in [0.25, 0.3) is 0 Å². The lowest BCUT2D eigenvalue weighted by Crippen LogP contribution is -2.41. The van der Waals surface area contributed by atoms with Crippen molar-refractivity contribution in [3.63, 3.8) is 0 Å². The highest BCUT2D eigenvalue weighted by Crippen LogP contribution is 2.27. The van der Waals surface area contributed by atoms with Gasteiger partial charge in [0.2, 0.25) is 0 Å². The average Bonchev–Trinajstić information content (AvgIpc) is 2.51. The Labute approximate surface area is 169 Å². The van der Waals surface area contributed by atoms with Crippen molar-refractivity contribution in [3.05, 3.63) is 64.7 Å². The fourth-order valence-electron chi connectivity index (χ4n) is 3.18. The molecular formula is C22H31Cl2NO. The molecule has 0 aromatic heterocycles. The monoisotopic (exact) mass is 395 g/mol. The van der Waals surface area contributed by atoms with Crippen LogP contribution in [0.3, 0.4) is 0 Å². The summed E-state index contributed by atoms with van der Waals surface area (Å²) in [7, 11) is 0. The van der Waals surface area contributed by atoms with Crippen molar-refractivity contribution in [2.75, 3.05) is 0 Å². The number of hydrogen-bond acceptors (Lipinski definition) is 2. The second-order valence-corrected chi connectivity index (χ2v) is 8.97. The van der Waals surface area contributed by atoms with E-state index in [0.717, 1.165) is 29.3 Å². The Hall–Kier alpha value is -1.22. The van der Waals surface area contributed by atoms with E-state index in [4.69, 9.17) is 16.3 Å². The molecule has 0 fully saturated rings. The smallest absolute Gasteiger partial charge is 0.119 e. The molecule has 0 unspecified atom stereocenters. The van der Waals surface area contributed by atoms with Gasteiger partial charge in [0.05, 0.1) is 0 Å². The maximum atomic E-state index is 5.90. The van der Waals surface area contributed by atoms with Crippen LogP contribution in [0.2, 0.25) is 5.02 Å². The minimum Gasteiger partial charge on any atom is -0.489 e. The van der Waals surface area contributed by atoms with Crippen LogP contribution in [0.4, 0.5) is 0 Å². The Kier molecular flexibility index (Phi) is 8.46. The highest BCUT2D eigenvalue weighted by atomic mass is 35.5. The fourth-order valence-corrected chi connectivity index (χ4v) is 3.31. The van der Waals surface area contributed by atoms with Gasteiger partial charge in [-0.15, -0.1) is 12.4 Å². The van der Waals surface area contributed by atoms with Gasteiger partial charge in [-0.1, -0.05) is 56.6 Å². The molecule has 0 amide bonds. The summed E-state index contributed by atoms with van der Waals surface area (Å²) in [5.41, 5.74) is 2.80. The van der Waals surface area contributed by atoms with Crippen molar-refractivity contribution in [1.82, 2.24) is 5.32 Å².